The Kier molecular flexibility index (Phi) is 5.59. The summed E-state index contributed by atoms with van der Waals surface area (Å²) in [7, 11) is 0. The summed E-state index contributed by atoms with van der Waals surface area (Å²) in [5.74, 6) is 2.35. The maximum absolute atomic E-state index is 12.1. The van der Waals surface area contributed by atoms with Crippen LogP contribution < -0.4 is 15.5 Å². The number of nitrogens with one attached hydrogen (secondary N) is 2. The Balaban J connectivity index is 1.57. The normalized spacial score (nSPS) is 14.3. The van der Waals surface area contributed by atoms with E-state index in [1.165, 1.54) is 17.2 Å². The summed E-state index contributed by atoms with van der Waals surface area (Å²) in [4.78, 5) is 18.6. The Morgan fingerprint density at radius 1 is 1.25 bits per heavy atom. The van der Waals surface area contributed by atoms with E-state index in [0.29, 0.717) is 6.54 Å². The van der Waals surface area contributed by atoms with E-state index in [1.807, 2.05) is 43.0 Å². The van der Waals surface area contributed by atoms with Gasteiger partial charge in [0.25, 0.3) is 0 Å². The second kappa shape index (κ2) is 8.06. The molecule has 1 saturated heterocycles. The van der Waals surface area contributed by atoms with Crippen LogP contribution in [0.2, 0.25) is 0 Å². The van der Waals surface area contributed by atoms with Gasteiger partial charge in [-0.05, 0) is 42.8 Å². The summed E-state index contributed by atoms with van der Waals surface area (Å²) in [6.45, 7) is 4.61. The Morgan fingerprint density at radius 3 is 2.79 bits per heavy atom. The van der Waals surface area contributed by atoms with Crippen LogP contribution in [0.15, 0.2) is 42.6 Å². The number of urea groups is 1. The number of aromatic nitrogens is 1. The molecule has 1 aromatic heterocycles. The van der Waals surface area contributed by atoms with Crippen molar-refractivity contribution in [3.05, 3.63) is 53.9 Å². The summed E-state index contributed by atoms with van der Waals surface area (Å²) in [6.07, 6.45) is 1.72. The highest BCUT2D eigenvalue weighted by molar-refractivity contribution is 7.99. The summed E-state index contributed by atoms with van der Waals surface area (Å²) < 4.78 is 0. The maximum atomic E-state index is 12.1. The molecule has 0 unspecified atom stereocenters. The van der Waals surface area contributed by atoms with Crippen molar-refractivity contribution in [1.82, 2.24) is 10.3 Å². The van der Waals surface area contributed by atoms with Crippen molar-refractivity contribution in [2.75, 3.05) is 34.8 Å². The highest BCUT2D eigenvalue weighted by Crippen LogP contribution is 2.24. The number of carbonyl (C=O) groups is 1. The van der Waals surface area contributed by atoms with Crippen LogP contribution in [0.3, 0.4) is 0 Å². The lowest BCUT2D eigenvalue weighted by molar-refractivity contribution is 0.251. The van der Waals surface area contributed by atoms with Crippen LogP contribution in [0.25, 0.3) is 0 Å². The number of thioether (sulfide) groups is 1. The van der Waals surface area contributed by atoms with Crippen molar-refractivity contribution in [2.24, 2.45) is 0 Å². The molecule has 0 radical (unpaired) electrons. The molecule has 1 aliphatic heterocycles. The first kappa shape index (κ1) is 16.6. The third-order valence-corrected chi connectivity index (χ3v) is 4.93. The van der Waals surface area contributed by atoms with Gasteiger partial charge >= 0.3 is 6.03 Å². The van der Waals surface area contributed by atoms with E-state index in [9.17, 15) is 4.79 Å². The molecule has 0 saturated carbocycles. The molecule has 6 heteroatoms. The number of aryl methyl sites for hydroxylation is 1. The molecule has 3 rings (SSSR count). The molecule has 0 spiro atoms. The van der Waals surface area contributed by atoms with Crippen molar-refractivity contribution in [3.8, 4) is 0 Å². The minimum atomic E-state index is -0.217. The summed E-state index contributed by atoms with van der Waals surface area (Å²) in [5.41, 5.74) is 3.97. The lowest BCUT2D eigenvalue weighted by Gasteiger charge is -2.29. The van der Waals surface area contributed by atoms with Gasteiger partial charge in [-0.15, -0.1) is 0 Å². The topological polar surface area (TPSA) is 57.3 Å². The van der Waals surface area contributed by atoms with Crippen LogP contribution in [0, 0.1) is 6.92 Å². The zero-order chi connectivity index (χ0) is 16.8. The summed E-state index contributed by atoms with van der Waals surface area (Å²) >= 11 is 2.00. The number of benzene rings is 1. The Hall–Kier alpha value is -2.21. The second-order valence-electron chi connectivity index (χ2n) is 5.73. The van der Waals surface area contributed by atoms with Crippen LogP contribution >= 0.6 is 11.8 Å². The fourth-order valence-corrected chi connectivity index (χ4v) is 3.55. The molecule has 0 atom stereocenters. The molecule has 2 N–H and O–H groups in total. The molecule has 1 aromatic carbocycles. The zero-order valence-corrected chi connectivity index (χ0v) is 14.6. The van der Waals surface area contributed by atoms with E-state index in [0.717, 1.165) is 30.0 Å². The Labute approximate surface area is 146 Å². The molecule has 1 fully saturated rings. The minimum Gasteiger partial charge on any atom is -0.370 e. The monoisotopic (exact) mass is 342 g/mol. The van der Waals surface area contributed by atoms with Gasteiger partial charge in [0.1, 0.15) is 0 Å². The van der Waals surface area contributed by atoms with Gasteiger partial charge in [0.15, 0.2) is 0 Å². The molecule has 5 nitrogen and oxygen atoms in total. The van der Waals surface area contributed by atoms with E-state index in [2.05, 4.69) is 32.7 Å². The number of carbonyl (C=O) groups excluding carboxylic acids is 1. The van der Waals surface area contributed by atoms with Gasteiger partial charge in [0.2, 0.25) is 0 Å². The van der Waals surface area contributed by atoms with Crippen molar-refractivity contribution in [1.29, 1.82) is 0 Å². The lowest BCUT2D eigenvalue weighted by Crippen LogP contribution is -2.32. The van der Waals surface area contributed by atoms with Crippen LogP contribution in [-0.4, -0.2) is 35.6 Å². The first-order valence-electron chi connectivity index (χ1n) is 8.10. The SMILES string of the molecule is Cc1cc(N2CCSCC2)ccc1NC(=O)NCc1ccccn1. The Morgan fingerprint density at radius 2 is 2.08 bits per heavy atom. The molecule has 2 amide bonds. The van der Waals surface area contributed by atoms with Crippen LogP contribution in [-0.2, 0) is 6.54 Å². The molecule has 24 heavy (non-hydrogen) atoms. The smallest absolute Gasteiger partial charge is 0.319 e. The summed E-state index contributed by atoms with van der Waals surface area (Å²) in [5, 5.41) is 5.74. The van der Waals surface area contributed by atoms with Crippen molar-refractivity contribution in [3.63, 3.8) is 0 Å². The zero-order valence-electron chi connectivity index (χ0n) is 13.8. The molecule has 2 heterocycles. The van der Waals surface area contributed by atoms with E-state index in [4.69, 9.17) is 0 Å². The van der Waals surface area contributed by atoms with Gasteiger partial charge in [0.05, 0.1) is 12.2 Å². The highest BCUT2D eigenvalue weighted by atomic mass is 32.2. The first-order valence-corrected chi connectivity index (χ1v) is 9.26. The van der Waals surface area contributed by atoms with Gasteiger partial charge in [-0.3, -0.25) is 4.98 Å². The average Bonchev–Trinajstić information content (AvgIpc) is 2.63. The molecular weight excluding hydrogens is 320 g/mol. The maximum Gasteiger partial charge on any atom is 0.319 e. The number of nitrogens with zero attached hydrogens (tertiary/aromatic N) is 2. The van der Waals surface area contributed by atoms with E-state index >= 15 is 0 Å². The molecule has 0 bridgehead atoms. The highest BCUT2D eigenvalue weighted by Gasteiger charge is 2.12. The number of hydrogen-bond acceptors (Lipinski definition) is 4. The number of hydrogen-bond donors (Lipinski definition) is 2. The minimum absolute atomic E-state index is 0.217. The van der Waals surface area contributed by atoms with Crippen LogP contribution in [0.5, 0.6) is 0 Å². The molecule has 126 valence electrons. The van der Waals surface area contributed by atoms with E-state index in [1.54, 1.807) is 6.20 Å². The fraction of sp³-hybridized carbons (Fsp3) is 0.333. The van der Waals surface area contributed by atoms with Crippen LogP contribution in [0.1, 0.15) is 11.3 Å². The number of amides is 2. The van der Waals surface area contributed by atoms with Gasteiger partial charge in [-0.1, -0.05) is 6.07 Å². The third kappa shape index (κ3) is 4.41. The van der Waals surface area contributed by atoms with Crippen LogP contribution in [0.4, 0.5) is 16.2 Å². The predicted octanol–water partition coefficient (Wildman–Crippen LogP) is 3.26. The van der Waals surface area contributed by atoms with E-state index in [-0.39, 0.29) is 6.03 Å². The number of rotatable bonds is 4. The van der Waals surface area contributed by atoms with Gasteiger partial charge in [-0.25, -0.2) is 4.79 Å². The number of pyridine rings is 1. The van der Waals surface area contributed by atoms with Crippen molar-refractivity contribution in [2.45, 2.75) is 13.5 Å². The fourth-order valence-electron chi connectivity index (χ4n) is 2.65. The second-order valence-corrected chi connectivity index (χ2v) is 6.95. The predicted molar refractivity (Wildman–Crippen MR) is 101 cm³/mol. The summed E-state index contributed by atoms with van der Waals surface area (Å²) in [6, 6.07) is 11.6. The molecular formula is C18H22N4OS. The molecule has 0 aliphatic carbocycles. The third-order valence-electron chi connectivity index (χ3n) is 3.99. The van der Waals surface area contributed by atoms with Gasteiger partial charge in [0, 0.05) is 42.2 Å². The average molecular weight is 342 g/mol. The van der Waals surface area contributed by atoms with Gasteiger partial charge < -0.3 is 15.5 Å². The molecule has 2 aromatic rings. The first-order chi connectivity index (χ1) is 11.7. The van der Waals surface area contributed by atoms with Crippen molar-refractivity contribution < 1.29 is 4.79 Å². The Bertz CT molecular complexity index is 687. The van der Waals surface area contributed by atoms with E-state index < -0.39 is 0 Å². The standard InChI is InChI=1S/C18H22N4OS/c1-14-12-16(22-8-10-24-11-9-22)5-6-17(14)21-18(23)20-13-15-4-2-3-7-19-15/h2-7,12H,8-11,13H2,1H3,(H2,20,21,23). The quantitative estimate of drug-likeness (QED) is 0.895. The van der Waals surface area contributed by atoms with Crippen molar-refractivity contribution >= 4 is 29.2 Å². The molecule has 1 aliphatic rings. The lowest BCUT2D eigenvalue weighted by atomic mass is 10.1. The number of anilines is 2. The largest absolute Gasteiger partial charge is 0.370 e. The van der Waals surface area contributed by atoms with Gasteiger partial charge in [-0.2, -0.15) is 11.8 Å².